The highest BCUT2D eigenvalue weighted by molar-refractivity contribution is 6.30. The van der Waals surface area contributed by atoms with Crippen molar-refractivity contribution in [1.82, 2.24) is 15.4 Å². The summed E-state index contributed by atoms with van der Waals surface area (Å²) in [5.41, 5.74) is 1.62. The van der Waals surface area contributed by atoms with Crippen LogP contribution < -0.4 is 5.32 Å². The van der Waals surface area contributed by atoms with Gasteiger partial charge in [-0.2, -0.15) is 0 Å². The van der Waals surface area contributed by atoms with Crippen molar-refractivity contribution < 1.29 is 14.1 Å². The third-order valence-corrected chi connectivity index (χ3v) is 6.72. The minimum Gasteiger partial charge on any atom is -0.360 e. The van der Waals surface area contributed by atoms with Crippen LogP contribution in [-0.2, 0) is 21.5 Å². The maximum absolute atomic E-state index is 13.8. The molecule has 33 heavy (non-hydrogen) atoms. The summed E-state index contributed by atoms with van der Waals surface area (Å²) in [6, 6.07) is 8.80. The number of benzene rings is 1. The Kier molecular flexibility index (Phi) is 7.88. The van der Waals surface area contributed by atoms with E-state index in [2.05, 4.69) is 38.2 Å². The fourth-order valence-corrected chi connectivity index (χ4v) is 4.45. The predicted octanol–water partition coefficient (Wildman–Crippen LogP) is 5.31. The number of likely N-dealkylation sites (tertiary alicyclic amines) is 1. The molecule has 180 valence electrons. The van der Waals surface area contributed by atoms with Gasteiger partial charge in [0.1, 0.15) is 17.7 Å². The number of halogens is 1. The maximum atomic E-state index is 13.8. The second-order valence-electron chi connectivity index (χ2n) is 10.4. The minimum atomic E-state index is -0.485. The summed E-state index contributed by atoms with van der Waals surface area (Å²) in [5.74, 6) is 0.217. The second-order valence-corrected chi connectivity index (χ2v) is 10.9. The van der Waals surface area contributed by atoms with Crippen LogP contribution in [0.4, 0.5) is 0 Å². The van der Waals surface area contributed by atoms with Gasteiger partial charge in [-0.3, -0.25) is 9.59 Å². The van der Waals surface area contributed by atoms with Crippen molar-refractivity contribution in [2.24, 2.45) is 11.8 Å². The van der Waals surface area contributed by atoms with Crippen LogP contribution in [0.1, 0.15) is 77.3 Å². The molecule has 1 saturated heterocycles. The molecule has 2 heterocycles. The van der Waals surface area contributed by atoms with Crippen LogP contribution in [0.5, 0.6) is 0 Å². The van der Waals surface area contributed by atoms with Gasteiger partial charge in [0, 0.05) is 29.6 Å². The van der Waals surface area contributed by atoms with Gasteiger partial charge in [0.15, 0.2) is 0 Å². The zero-order valence-electron chi connectivity index (χ0n) is 20.5. The molecule has 1 aromatic heterocycles. The number of aromatic nitrogens is 1. The van der Waals surface area contributed by atoms with Crippen LogP contribution in [0, 0.1) is 11.8 Å². The van der Waals surface area contributed by atoms with E-state index in [4.69, 9.17) is 16.1 Å². The molecule has 3 atom stereocenters. The molecule has 0 spiro atoms. The lowest BCUT2D eigenvalue weighted by Crippen LogP contribution is -2.47. The molecule has 0 aliphatic carbocycles. The molecule has 1 aliphatic rings. The first kappa shape index (κ1) is 25.3. The Bertz CT molecular complexity index is 962. The highest BCUT2D eigenvalue weighted by Crippen LogP contribution is 2.35. The van der Waals surface area contributed by atoms with E-state index in [0.717, 1.165) is 17.7 Å². The summed E-state index contributed by atoms with van der Waals surface area (Å²) < 4.78 is 5.65. The van der Waals surface area contributed by atoms with E-state index >= 15 is 0 Å². The quantitative estimate of drug-likeness (QED) is 0.591. The number of hydrogen-bond acceptors (Lipinski definition) is 4. The molecule has 1 fully saturated rings. The molecule has 3 unspecified atom stereocenters. The van der Waals surface area contributed by atoms with Gasteiger partial charge in [0.2, 0.25) is 11.8 Å². The molecule has 7 heteroatoms. The number of rotatable bonds is 7. The average molecular weight is 474 g/mol. The lowest BCUT2D eigenvalue weighted by Gasteiger charge is -2.29. The first-order chi connectivity index (χ1) is 15.5. The van der Waals surface area contributed by atoms with Gasteiger partial charge in [0.05, 0.1) is 5.69 Å². The number of hydrogen-bond donors (Lipinski definition) is 1. The molecule has 1 aliphatic heterocycles. The number of carbonyl (C=O) groups is 2. The molecule has 0 bridgehead atoms. The van der Waals surface area contributed by atoms with E-state index in [0.29, 0.717) is 36.2 Å². The van der Waals surface area contributed by atoms with E-state index < -0.39 is 12.0 Å². The Morgan fingerprint density at radius 1 is 1.24 bits per heavy atom. The first-order valence-electron chi connectivity index (χ1n) is 11.8. The second kappa shape index (κ2) is 10.3. The van der Waals surface area contributed by atoms with E-state index in [9.17, 15) is 9.59 Å². The number of nitrogens with zero attached hydrogens (tertiary/aromatic N) is 2. The Labute approximate surface area is 202 Å². The van der Waals surface area contributed by atoms with Crippen molar-refractivity contribution in [3.8, 4) is 0 Å². The van der Waals surface area contributed by atoms with Crippen LogP contribution >= 0.6 is 11.6 Å². The summed E-state index contributed by atoms with van der Waals surface area (Å²) in [7, 11) is 0. The lowest BCUT2D eigenvalue weighted by atomic mass is 9.88. The first-order valence-corrected chi connectivity index (χ1v) is 12.2. The van der Waals surface area contributed by atoms with E-state index in [1.165, 1.54) is 0 Å². The van der Waals surface area contributed by atoms with Crippen LogP contribution in [-0.4, -0.2) is 34.5 Å². The highest BCUT2D eigenvalue weighted by atomic mass is 35.5. The molecule has 2 aromatic rings. The Morgan fingerprint density at radius 2 is 1.91 bits per heavy atom. The van der Waals surface area contributed by atoms with Gasteiger partial charge < -0.3 is 14.7 Å². The van der Waals surface area contributed by atoms with Gasteiger partial charge in [-0.1, -0.05) is 76.9 Å². The number of nitrogens with one attached hydrogen (secondary N) is 1. The van der Waals surface area contributed by atoms with Crippen molar-refractivity contribution in [1.29, 1.82) is 0 Å². The van der Waals surface area contributed by atoms with Crippen LogP contribution in [0.25, 0.3) is 0 Å². The van der Waals surface area contributed by atoms with Crippen LogP contribution in [0.2, 0.25) is 5.02 Å². The van der Waals surface area contributed by atoms with Crippen LogP contribution in [0.15, 0.2) is 34.9 Å². The third kappa shape index (κ3) is 5.97. The predicted molar refractivity (Wildman–Crippen MR) is 130 cm³/mol. The summed E-state index contributed by atoms with van der Waals surface area (Å²) in [5, 5.41) is 7.89. The van der Waals surface area contributed by atoms with Gasteiger partial charge in [-0.15, -0.1) is 0 Å². The smallest absolute Gasteiger partial charge is 0.243 e. The molecule has 2 amide bonds. The normalized spacial score (nSPS) is 19.7. The molecule has 3 rings (SSSR count). The average Bonchev–Trinajstić information content (AvgIpc) is 3.40. The van der Waals surface area contributed by atoms with Gasteiger partial charge in [0.25, 0.3) is 0 Å². The lowest BCUT2D eigenvalue weighted by molar-refractivity contribution is -0.140. The van der Waals surface area contributed by atoms with Crippen molar-refractivity contribution in [3.05, 3.63) is 52.4 Å². The highest BCUT2D eigenvalue weighted by Gasteiger charge is 2.43. The van der Waals surface area contributed by atoms with Crippen LogP contribution in [0.3, 0.4) is 0 Å². The fourth-order valence-electron chi connectivity index (χ4n) is 4.32. The third-order valence-electron chi connectivity index (χ3n) is 6.47. The Hall–Kier alpha value is -2.34. The summed E-state index contributed by atoms with van der Waals surface area (Å²) >= 11 is 5.95. The number of carbonyl (C=O) groups excluding carboxylic acids is 2. The minimum absolute atomic E-state index is 0.0109. The summed E-state index contributed by atoms with van der Waals surface area (Å²) in [6.45, 7) is 13.3. The molecular formula is C26H36ClN3O3. The Morgan fingerprint density at radius 3 is 2.45 bits per heavy atom. The molecular weight excluding hydrogens is 438 g/mol. The molecule has 1 aromatic carbocycles. The molecule has 6 nitrogen and oxygen atoms in total. The zero-order valence-corrected chi connectivity index (χ0v) is 21.3. The fraction of sp³-hybridized carbons (Fsp3) is 0.577. The monoisotopic (exact) mass is 473 g/mol. The SMILES string of the molecule is CCC1CC(C(=O)NCc2ccc(Cl)cc2)N(C(=O)C(c2cc(C(C)(C)C)no2)C(C)C)C1. The Balaban J connectivity index is 1.79. The van der Waals surface area contributed by atoms with Crippen molar-refractivity contribution >= 4 is 23.4 Å². The number of amides is 2. The van der Waals surface area contributed by atoms with Gasteiger partial charge >= 0.3 is 0 Å². The molecule has 0 saturated carbocycles. The van der Waals surface area contributed by atoms with Crippen molar-refractivity contribution in [2.75, 3.05) is 6.54 Å². The van der Waals surface area contributed by atoms with Gasteiger partial charge in [-0.25, -0.2) is 0 Å². The topological polar surface area (TPSA) is 75.4 Å². The standard InChI is InChI=1S/C26H36ClN3O3/c1-7-17-12-20(24(31)28-14-18-8-10-19(27)11-9-18)30(15-17)25(32)23(16(2)3)21-13-22(29-33-21)26(4,5)6/h8-11,13,16-17,20,23H,7,12,14-15H2,1-6H3,(H,28,31). The summed E-state index contributed by atoms with van der Waals surface area (Å²) in [6.07, 6.45) is 1.59. The van der Waals surface area contributed by atoms with Crippen molar-refractivity contribution in [2.45, 2.75) is 78.3 Å². The van der Waals surface area contributed by atoms with Crippen molar-refractivity contribution in [3.63, 3.8) is 0 Å². The maximum Gasteiger partial charge on any atom is 0.243 e. The van der Waals surface area contributed by atoms with E-state index in [1.807, 2.05) is 32.0 Å². The summed E-state index contributed by atoms with van der Waals surface area (Å²) in [4.78, 5) is 28.7. The molecule has 1 N–H and O–H groups in total. The van der Waals surface area contributed by atoms with E-state index in [-0.39, 0.29) is 23.1 Å². The van der Waals surface area contributed by atoms with Gasteiger partial charge in [-0.05, 0) is 36.0 Å². The largest absolute Gasteiger partial charge is 0.360 e. The zero-order chi connectivity index (χ0) is 24.3. The molecule has 0 radical (unpaired) electrons. The van der Waals surface area contributed by atoms with E-state index in [1.54, 1.807) is 17.0 Å².